The lowest BCUT2D eigenvalue weighted by Crippen LogP contribution is -2.35. The zero-order valence-electron chi connectivity index (χ0n) is 15.6. The Morgan fingerprint density at radius 3 is 2.46 bits per heavy atom. The molecule has 0 unspecified atom stereocenters. The molecule has 6 nitrogen and oxygen atoms in total. The minimum atomic E-state index is -0.330. The number of amides is 1. The molecule has 4 rings (SSSR count). The highest BCUT2D eigenvalue weighted by molar-refractivity contribution is 7.80. The van der Waals surface area contributed by atoms with Gasteiger partial charge in [0.05, 0.1) is 11.4 Å². The maximum Gasteiger partial charge on any atom is 0.296 e. The highest BCUT2D eigenvalue weighted by Crippen LogP contribution is 2.26. The summed E-state index contributed by atoms with van der Waals surface area (Å²) in [7, 11) is 1.79. The van der Waals surface area contributed by atoms with Crippen molar-refractivity contribution < 1.29 is 4.79 Å². The van der Waals surface area contributed by atoms with Gasteiger partial charge in [0.1, 0.15) is 11.4 Å². The number of nitrogens with one attached hydrogen (secondary N) is 1. The summed E-state index contributed by atoms with van der Waals surface area (Å²) in [5.41, 5.74) is 2.79. The number of thiocarbonyl (C=S) groups is 1. The van der Waals surface area contributed by atoms with E-state index in [0.29, 0.717) is 11.4 Å². The van der Waals surface area contributed by atoms with Gasteiger partial charge in [0.15, 0.2) is 5.11 Å². The summed E-state index contributed by atoms with van der Waals surface area (Å²) in [6.07, 6.45) is 1.78. The number of hydrogen-bond acceptors (Lipinski definition) is 4. The van der Waals surface area contributed by atoms with Crippen LogP contribution < -0.4 is 15.8 Å². The molecule has 1 saturated heterocycles. The number of benzene rings is 1. The van der Waals surface area contributed by atoms with E-state index in [1.54, 1.807) is 36.1 Å². The molecule has 1 fully saturated rings. The van der Waals surface area contributed by atoms with Gasteiger partial charge >= 0.3 is 0 Å². The van der Waals surface area contributed by atoms with E-state index in [-0.39, 0.29) is 22.3 Å². The Hall–Kier alpha value is -2.97. The van der Waals surface area contributed by atoms with Crippen LogP contribution in [-0.4, -0.2) is 20.4 Å². The van der Waals surface area contributed by atoms with Crippen LogP contribution in [0.2, 0.25) is 0 Å². The average Bonchev–Trinajstić information content (AvgIpc) is 3.27. The van der Waals surface area contributed by atoms with Crippen molar-refractivity contribution in [3.8, 4) is 5.69 Å². The molecule has 0 aliphatic carbocycles. The van der Waals surface area contributed by atoms with Gasteiger partial charge in [0.2, 0.25) is 0 Å². The number of carbonyl (C=O) groups is 1. The molecule has 3 heterocycles. The van der Waals surface area contributed by atoms with E-state index in [4.69, 9.17) is 12.2 Å². The van der Waals surface area contributed by atoms with Gasteiger partial charge in [0, 0.05) is 11.9 Å². The molecule has 1 amide bonds. The van der Waals surface area contributed by atoms with Crippen LogP contribution in [0.15, 0.2) is 52.3 Å². The number of nitrogens with zero attached hydrogens (tertiary/aromatic N) is 3. The quantitative estimate of drug-likeness (QED) is 0.532. The predicted molar refractivity (Wildman–Crippen MR) is 116 cm³/mol. The first-order valence-corrected chi connectivity index (χ1v) is 9.94. The molecule has 0 saturated carbocycles. The number of anilines is 1. The highest BCUT2D eigenvalue weighted by atomic mass is 32.1. The van der Waals surface area contributed by atoms with Crippen molar-refractivity contribution >= 4 is 46.3 Å². The molecule has 28 heavy (non-hydrogen) atoms. The smallest absolute Gasteiger partial charge is 0.296 e. The number of aryl methyl sites for hydroxylation is 1. The first kappa shape index (κ1) is 18.4. The fourth-order valence-electron chi connectivity index (χ4n) is 3.21. The van der Waals surface area contributed by atoms with Crippen molar-refractivity contribution in [2.24, 2.45) is 7.05 Å². The fourth-order valence-corrected chi connectivity index (χ4v) is 4.36. The van der Waals surface area contributed by atoms with E-state index in [2.05, 4.69) is 5.32 Å². The van der Waals surface area contributed by atoms with E-state index in [1.807, 2.05) is 48.7 Å². The first-order chi connectivity index (χ1) is 13.4. The molecule has 0 atom stereocenters. The van der Waals surface area contributed by atoms with E-state index >= 15 is 0 Å². The average molecular weight is 411 g/mol. The zero-order valence-corrected chi connectivity index (χ0v) is 17.2. The summed E-state index contributed by atoms with van der Waals surface area (Å²) in [6.45, 7) is 3.79. The van der Waals surface area contributed by atoms with E-state index in [9.17, 15) is 9.59 Å². The second-order valence-electron chi connectivity index (χ2n) is 6.51. The van der Waals surface area contributed by atoms with Crippen LogP contribution in [0.25, 0.3) is 11.8 Å². The lowest BCUT2D eigenvalue weighted by Gasteiger charge is -2.11. The van der Waals surface area contributed by atoms with Gasteiger partial charge in [-0.15, -0.1) is 11.3 Å². The maximum absolute atomic E-state index is 13.2. The number of hydrogen-bond donors (Lipinski definition) is 1. The molecule has 1 N–H and O–H groups in total. The van der Waals surface area contributed by atoms with E-state index in [0.717, 1.165) is 16.1 Å². The molecule has 142 valence electrons. The lowest BCUT2D eigenvalue weighted by atomic mass is 10.2. The Bertz CT molecular complexity index is 1180. The number of aromatic nitrogens is 2. The van der Waals surface area contributed by atoms with Crippen LogP contribution >= 0.6 is 23.6 Å². The number of para-hydroxylation sites is 1. The van der Waals surface area contributed by atoms with Crippen molar-refractivity contribution in [2.45, 2.75) is 13.8 Å². The molecule has 1 aliphatic heterocycles. The maximum atomic E-state index is 13.2. The number of thiophene rings is 1. The van der Waals surface area contributed by atoms with Crippen molar-refractivity contribution in [3.05, 3.63) is 74.0 Å². The molecule has 1 aromatic carbocycles. The zero-order chi connectivity index (χ0) is 20.0. The van der Waals surface area contributed by atoms with E-state index < -0.39 is 0 Å². The monoisotopic (exact) mass is 410 g/mol. The Balaban J connectivity index is 1.81. The van der Waals surface area contributed by atoms with Gasteiger partial charge in [-0.1, -0.05) is 18.2 Å². The standard InChI is InChI=1S/C20H18N4O2S2/c1-12-9-10-28-16(12)11-15-18(25)23(20(27)21-15)17-13(2)22(3)24(19(17)26)14-7-5-4-6-8-14/h4-11H,1-3H3,(H,21,27)/b15-11-. The minimum Gasteiger partial charge on any atom is -0.327 e. The molecular weight excluding hydrogens is 392 g/mol. The van der Waals surface area contributed by atoms with Crippen LogP contribution in [0.3, 0.4) is 0 Å². The van der Waals surface area contributed by atoms with Gasteiger partial charge in [-0.3, -0.25) is 14.3 Å². The molecule has 2 aromatic heterocycles. The number of carbonyl (C=O) groups excluding carboxylic acids is 1. The van der Waals surface area contributed by atoms with Crippen molar-refractivity contribution in [3.63, 3.8) is 0 Å². The topological polar surface area (TPSA) is 59.3 Å². The van der Waals surface area contributed by atoms with Gasteiger partial charge in [-0.25, -0.2) is 9.58 Å². The Morgan fingerprint density at radius 2 is 1.82 bits per heavy atom. The van der Waals surface area contributed by atoms with E-state index in [1.165, 1.54) is 9.58 Å². The second kappa shape index (κ2) is 6.88. The summed E-state index contributed by atoms with van der Waals surface area (Å²) >= 11 is 6.94. The minimum absolute atomic E-state index is 0.205. The highest BCUT2D eigenvalue weighted by Gasteiger charge is 2.36. The predicted octanol–water partition coefficient (Wildman–Crippen LogP) is 3.12. The summed E-state index contributed by atoms with van der Waals surface area (Å²) in [5, 5.41) is 5.13. The van der Waals surface area contributed by atoms with Gasteiger partial charge < -0.3 is 5.32 Å². The fraction of sp³-hybridized carbons (Fsp3) is 0.150. The van der Waals surface area contributed by atoms with Crippen LogP contribution in [0.1, 0.15) is 16.1 Å². The molecule has 1 aliphatic rings. The van der Waals surface area contributed by atoms with Crippen molar-refractivity contribution in [1.82, 2.24) is 14.7 Å². The third-order valence-corrected chi connectivity index (χ3v) is 6.05. The molecule has 0 spiro atoms. The SMILES string of the molecule is Cc1ccsc1/C=C1\NC(=S)N(c2c(C)n(C)n(-c3ccccc3)c2=O)C1=O. The summed E-state index contributed by atoms with van der Waals surface area (Å²) < 4.78 is 3.26. The van der Waals surface area contributed by atoms with Crippen molar-refractivity contribution in [1.29, 1.82) is 0 Å². The number of rotatable bonds is 3. The van der Waals surface area contributed by atoms with Gasteiger partial charge in [0.25, 0.3) is 11.5 Å². The van der Waals surface area contributed by atoms with Crippen molar-refractivity contribution in [2.75, 3.05) is 4.90 Å². The van der Waals surface area contributed by atoms with Gasteiger partial charge in [-0.05, 0) is 61.3 Å². The van der Waals surface area contributed by atoms with Gasteiger partial charge in [-0.2, -0.15) is 0 Å². The van der Waals surface area contributed by atoms with Crippen LogP contribution in [0, 0.1) is 13.8 Å². The molecule has 0 bridgehead atoms. The molecule has 0 radical (unpaired) electrons. The Morgan fingerprint density at radius 1 is 1.11 bits per heavy atom. The Kier molecular flexibility index (Phi) is 4.52. The third kappa shape index (κ3) is 2.81. The van der Waals surface area contributed by atoms with Crippen LogP contribution in [-0.2, 0) is 11.8 Å². The molecular formula is C20H18N4O2S2. The van der Waals surface area contributed by atoms with Crippen LogP contribution in [0.4, 0.5) is 5.69 Å². The summed E-state index contributed by atoms with van der Waals surface area (Å²) in [4.78, 5) is 28.6. The lowest BCUT2D eigenvalue weighted by molar-refractivity contribution is -0.113. The molecule has 8 heteroatoms. The largest absolute Gasteiger partial charge is 0.327 e. The Labute approximate surface area is 171 Å². The van der Waals surface area contributed by atoms with Crippen LogP contribution in [0.5, 0.6) is 0 Å². The molecule has 3 aromatic rings. The third-order valence-electron chi connectivity index (χ3n) is 4.80. The summed E-state index contributed by atoms with van der Waals surface area (Å²) in [6, 6.07) is 11.3. The first-order valence-electron chi connectivity index (χ1n) is 8.65. The summed E-state index contributed by atoms with van der Waals surface area (Å²) in [5.74, 6) is -0.330. The second-order valence-corrected chi connectivity index (χ2v) is 7.84. The normalized spacial score (nSPS) is 15.5.